The fourth-order valence-electron chi connectivity index (χ4n) is 2.22. The van der Waals surface area contributed by atoms with Gasteiger partial charge in [-0.15, -0.1) is 0 Å². The lowest BCUT2D eigenvalue weighted by atomic mass is 10.1. The van der Waals surface area contributed by atoms with Crippen molar-refractivity contribution in [2.75, 3.05) is 0 Å². The van der Waals surface area contributed by atoms with Crippen molar-refractivity contribution in [3.8, 4) is 5.69 Å². The van der Waals surface area contributed by atoms with Gasteiger partial charge in [-0.3, -0.25) is 9.36 Å². The molecule has 0 fully saturated rings. The summed E-state index contributed by atoms with van der Waals surface area (Å²) in [4.78, 5) is 16.1. The van der Waals surface area contributed by atoms with Gasteiger partial charge in [0.05, 0.1) is 5.69 Å². The Hall–Kier alpha value is -2.60. The van der Waals surface area contributed by atoms with Crippen molar-refractivity contribution in [3.05, 3.63) is 78.4 Å². The van der Waals surface area contributed by atoms with Crippen molar-refractivity contribution < 1.29 is 9.18 Å². The van der Waals surface area contributed by atoms with Crippen LogP contribution in [0.25, 0.3) is 5.69 Å². The highest BCUT2D eigenvalue weighted by Crippen LogP contribution is 2.35. The Bertz CT molecular complexity index is 819. The zero-order valence-corrected chi connectivity index (χ0v) is 12.9. The minimum Gasteiger partial charge on any atom is -0.368 e. The second-order valence-corrected chi connectivity index (χ2v) is 5.94. The zero-order valence-electron chi connectivity index (χ0n) is 12.1. The maximum absolute atomic E-state index is 13.4. The van der Waals surface area contributed by atoms with Crippen molar-refractivity contribution in [1.29, 1.82) is 0 Å². The highest BCUT2D eigenvalue weighted by atomic mass is 32.2. The molecule has 0 saturated heterocycles. The lowest BCUT2D eigenvalue weighted by molar-refractivity contribution is -0.117. The van der Waals surface area contributed by atoms with Crippen LogP contribution >= 0.6 is 11.8 Å². The van der Waals surface area contributed by atoms with Gasteiger partial charge in [-0.25, -0.2) is 9.37 Å². The van der Waals surface area contributed by atoms with Crippen LogP contribution in [0, 0.1) is 5.82 Å². The van der Waals surface area contributed by atoms with Crippen LogP contribution in [-0.4, -0.2) is 15.5 Å². The number of thioether (sulfide) groups is 1. The summed E-state index contributed by atoms with van der Waals surface area (Å²) in [6, 6.07) is 15.5. The van der Waals surface area contributed by atoms with E-state index in [1.807, 2.05) is 30.3 Å². The largest absolute Gasteiger partial charge is 0.368 e. The molecule has 116 valence electrons. The number of nitrogens with zero attached hydrogens (tertiary/aromatic N) is 2. The summed E-state index contributed by atoms with van der Waals surface area (Å²) in [7, 11) is 0. The molecule has 1 atom stereocenters. The van der Waals surface area contributed by atoms with E-state index < -0.39 is 11.2 Å². The third-order valence-corrected chi connectivity index (χ3v) is 4.53. The van der Waals surface area contributed by atoms with Gasteiger partial charge in [0.2, 0.25) is 5.91 Å². The zero-order chi connectivity index (χ0) is 16.2. The molecule has 0 aliphatic heterocycles. The van der Waals surface area contributed by atoms with Crippen molar-refractivity contribution >= 4 is 17.7 Å². The van der Waals surface area contributed by atoms with Gasteiger partial charge in [0.15, 0.2) is 5.16 Å². The van der Waals surface area contributed by atoms with E-state index in [1.165, 1.54) is 23.9 Å². The highest BCUT2D eigenvalue weighted by molar-refractivity contribution is 8.00. The van der Waals surface area contributed by atoms with E-state index in [-0.39, 0.29) is 5.82 Å². The Morgan fingerprint density at radius 3 is 2.65 bits per heavy atom. The third-order valence-electron chi connectivity index (χ3n) is 3.28. The van der Waals surface area contributed by atoms with E-state index in [0.717, 1.165) is 5.56 Å². The van der Waals surface area contributed by atoms with Crippen LogP contribution < -0.4 is 5.73 Å². The molecule has 0 spiro atoms. The number of carbonyl (C=O) groups is 1. The van der Waals surface area contributed by atoms with Gasteiger partial charge in [-0.2, -0.15) is 0 Å². The van der Waals surface area contributed by atoms with Crippen LogP contribution in [0.5, 0.6) is 0 Å². The number of hydrogen-bond donors (Lipinski definition) is 1. The number of rotatable bonds is 5. The van der Waals surface area contributed by atoms with E-state index in [0.29, 0.717) is 10.8 Å². The molecule has 0 radical (unpaired) electrons. The molecular weight excluding hydrogens is 313 g/mol. The Balaban J connectivity index is 1.94. The number of primary amides is 1. The molecule has 2 aromatic carbocycles. The first-order chi connectivity index (χ1) is 11.1. The number of nitrogens with two attached hydrogens (primary N) is 1. The first kappa shape index (κ1) is 15.3. The molecule has 6 heteroatoms. The Morgan fingerprint density at radius 1 is 1.17 bits per heavy atom. The maximum atomic E-state index is 13.4. The van der Waals surface area contributed by atoms with E-state index in [9.17, 15) is 9.18 Å². The maximum Gasteiger partial charge on any atom is 0.235 e. The topological polar surface area (TPSA) is 60.9 Å². The van der Waals surface area contributed by atoms with E-state index in [1.54, 1.807) is 29.1 Å². The Labute approximate surface area is 137 Å². The molecule has 3 aromatic rings. The van der Waals surface area contributed by atoms with Crippen LogP contribution in [0.4, 0.5) is 4.39 Å². The van der Waals surface area contributed by atoms with Gasteiger partial charge in [-0.1, -0.05) is 48.2 Å². The van der Waals surface area contributed by atoms with Crippen LogP contribution in [0.1, 0.15) is 10.8 Å². The van der Waals surface area contributed by atoms with E-state index in [4.69, 9.17) is 5.73 Å². The van der Waals surface area contributed by atoms with Crippen LogP contribution in [-0.2, 0) is 4.79 Å². The highest BCUT2D eigenvalue weighted by Gasteiger charge is 2.22. The second-order valence-electron chi connectivity index (χ2n) is 4.87. The predicted molar refractivity (Wildman–Crippen MR) is 87.8 cm³/mol. The summed E-state index contributed by atoms with van der Waals surface area (Å²) in [5.74, 6) is -0.781. The molecule has 4 nitrogen and oxygen atoms in total. The van der Waals surface area contributed by atoms with Crippen molar-refractivity contribution in [1.82, 2.24) is 9.55 Å². The average molecular weight is 327 g/mol. The van der Waals surface area contributed by atoms with Crippen LogP contribution in [0.15, 0.2) is 72.1 Å². The summed E-state index contributed by atoms with van der Waals surface area (Å²) in [6.07, 6.45) is 3.33. The Morgan fingerprint density at radius 2 is 1.96 bits per heavy atom. The van der Waals surface area contributed by atoms with Gasteiger partial charge in [0.25, 0.3) is 0 Å². The van der Waals surface area contributed by atoms with E-state index in [2.05, 4.69) is 4.98 Å². The molecule has 1 amide bonds. The molecule has 0 aliphatic carbocycles. The average Bonchev–Trinajstić information content (AvgIpc) is 3.01. The molecule has 23 heavy (non-hydrogen) atoms. The fourth-order valence-corrected chi connectivity index (χ4v) is 3.24. The summed E-state index contributed by atoms with van der Waals surface area (Å²) in [6.45, 7) is 0. The summed E-state index contributed by atoms with van der Waals surface area (Å²) < 4.78 is 15.2. The van der Waals surface area contributed by atoms with Crippen LogP contribution in [0.3, 0.4) is 0 Å². The number of carbonyl (C=O) groups excluding carboxylic acids is 1. The Kier molecular flexibility index (Phi) is 4.43. The van der Waals surface area contributed by atoms with Crippen molar-refractivity contribution in [2.24, 2.45) is 5.73 Å². The standard InChI is InChI=1S/C17H14FN3OS/c18-13-7-4-8-14(11-13)21-10-9-20-17(21)23-15(16(19)22)12-5-2-1-3-6-12/h1-11,15H,(H2,19,22). The van der Waals surface area contributed by atoms with Gasteiger partial charge >= 0.3 is 0 Å². The number of halogens is 1. The first-order valence-corrected chi connectivity index (χ1v) is 7.83. The van der Waals surface area contributed by atoms with E-state index >= 15 is 0 Å². The molecule has 1 heterocycles. The number of amides is 1. The molecular formula is C17H14FN3OS. The van der Waals surface area contributed by atoms with Gasteiger partial charge < -0.3 is 5.73 Å². The predicted octanol–water partition coefficient (Wildman–Crippen LogP) is 3.33. The molecule has 0 bridgehead atoms. The van der Waals surface area contributed by atoms with Crippen molar-refractivity contribution in [3.63, 3.8) is 0 Å². The summed E-state index contributed by atoms with van der Waals surface area (Å²) in [5, 5.41) is 0.00848. The molecule has 0 aliphatic rings. The second kappa shape index (κ2) is 6.66. The molecule has 2 N–H and O–H groups in total. The van der Waals surface area contributed by atoms with Gasteiger partial charge in [-0.05, 0) is 23.8 Å². The molecule has 1 aromatic heterocycles. The fraction of sp³-hybridized carbons (Fsp3) is 0.0588. The minimum atomic E-state index is -0.564. The smallest absolute Gasteiger partial charge is 0.235 e. The normalized spacial score (nSPS) is 12.0. The van der Waals surface area contributed by atoms with Gasteiger partial charge in [0, 0.05) is 12.4 Å². The quantitative estimate of drug-likeness (QED) is 0.731. The number of aromatic nitrogens is 2. The lowest BCUT2D eigenvalue weighted by Crippen LogP contribution is -2.19. The molecule has 3 rings (SSSR count). The summed E-state index contributed by atoms with van der Waals surface area (Å²) in [5.41, 5.74) is 6.99. The number of hydrogen-bond acceptors (Lipinski definition) is 3. The summed E-state index contributed by atoms with van der Waals surface area (Å²) >= 11 is 1.24. The minimum absolute atomic E-state index is 0.332. The van der Waals surface area contributed by atoms with Crippen LogP contribution in [0.2, 0.25) is 0 Å². The van der Waals surface area contributed by atoms with Gasteiger partial charge in [0.1, 0.15) is 11.1 Å². The third kappa shape index (κ3) is 3.43. The van der Waals surface area contributed by atoms with Crippen molar-refractivity contribution in [2.45, 2.75) is 10.4 Å². The monoisotopic (exact) mass is 327 g/mol. The SMILES string of the molecule is NC(=O)C(Sc1nccn1-c1cccc(F)c1)c1ccccc1. The first-order valence-electron chi connectivity index (χ1n) is 6.95. The number of imidazole rings is 1. The molecule has 1 unspecified atom stereocenters. The lowest BCUT2D eigenvalue weighted by Gasteiger charge is -2.14. The number of benzene rings is 2. The molecule has 0 saturated carbocycles.